The molecule has 0 bridgehead atoms. The van der Waals surface area contributed by atoms with Crippen LogP contribution in [0.25, 0.3) is 6.08 Å². The summed E-state index contributed by atoms with van der Waals surface area (Å²) in [5.74, 6) is 1.38. The number of fused-ring (bicyclic) bond motifs is 1. The molecule has 8 nitrogen and oxygen atoms in total. The second kappa shape index (κ2) is 13.3. The number of hydrogen-bond donors (Lipinski definition) is 0. The van der Waals surface area contributed by atoms with Gasteiger partial charge in [-0.05, 0) is 54.8 Å². The van der Waals surface area contributed by atoms with Crippen LogP contribution in [-0.2, 0) is 9.53 Å². The van der Waals surface area contributed by atoms with Gasteiger partial charge < -0.3 is 18.9 Å². The number of esters is 1. The molecule has 1 aliphatic rings. The molecule has 9 heteroatoms. The predicted octanol–water partition coefficient (Wildman–Crippen LogP) is 4.55. The Labute approximate surface area is 237 Å². The van der Waals surface area contributed by atoms with E-state index in [2.05, 4.69) is 18.5 Å². The lowest BCUT2D eigenvalue weighted by atomic mass is 9.96. The van der Waals surface area contributed by atoms with Gasteiger partial charge in [-0.2, -0.15) is 0 Å². The highest BCUT2D eigenvalue weighted by Gasteiger charge is 2.33. The normalized spacial score (nSPS) is 14.8. The lowest BCUT2D eigenvalue weighted by molar-refractivity contribution is -0.138. The highest BCUT2D eigenvalue weighted by molar-refractivity contribution is 7.07. The summed E-state index contributed by atoms with van der Waals surface area (Å²) >= 11 is 1.26. The molecule has 0 amide bonds. The van der Waals surface area contributed by atoms with Crippen LogP contribution < -0.4 is 29.1 Å². The van der Waals surface area contributed by atoms with Crippen LogP contribution in [-0.4, -0.2) is 38.0 Å². The minimum absolute atomic E-state index is 0.0511. The third kappa shape index (κ3) is 6.20. The third-order valence-electron chi connectivity index (χ3n) is 6.50. The molecule has 0 unspecified atom stereocenters. The first kappa shape index (κ1) is 28.9. The van der Waals surface area contributed by atoms with E-state index in [1.807, 2.05) is 30.3 Å². The molecule has 0 saturated carbocycles. The highest BCUT2D eigenvalue weighted by Crippen LogP contribution is 2.32. The van der Waals surface area contributed by atoms with E-state index < -0.39 is 12.0 Å². The fourth-order valence-corrected chi connectivity index (χ4v) is 5.52. The molecule has 0 fully saturated rings. The first-order valence-electron chi connectivity index (χ1n) is 13.2. The summed E-state index contributed by atoms with van der Waals surface area (Å²) in [6.45, 7) is 8.19. The monoisotopic (exact) mass is 562 g/mol. The molecule has 1 atom stereocenters. The van der Waals surface area contributed by atoms with Crippen LogP contribution in [0.1, 0.15) is 50.3 Å². The molecule has 4 rings (SSSR count). The van der Waals surface area contributed by atoms with Crippen molar-refractivity contribution in [1.29, 1.82) is 0 Å². The van der Waals surface area contributed by atoms with Gasteiger partial charge in [-0.25, -0.2) is 9.79 Å². The van der Waals surface area contributed by atoms with Crippen LogP contribution >= 0.6 is 11.3 Å². The average molecular weight is 563 g/mol. The fourth-order valence-electron chi connectivity index (χ4n) is 4.48. The Bertz CT molecular complexity index is 1580. The van der Waals surface area contributed by atoms with Crippen molar-refractivity contribution in [3.63, 3.8) is 0 Å². The van der Waals surface area contributed by atoms with Crippen LogP contribution in [0.15, 0.2) is 76.2 Å². The predicted molar refractivity (Wildman–Crippen MR) is 156 cm³/mol. The molecule has 40 heavy (non-hydrogen) atoms. The van der Waals surface area contributed by atoms with Crippen molar-refractivity contribution >= 4 is 23.4 Å². The molecule has 2 aromatic carbocycles. The number of nitrogens with zero attached hydrogens (tertiary/aromatic N) is 2. The summed E-state index contributed by atoms with van der Waals surface area (Å²) in [4.78, 5) is 32.1. The van der Waals surface area contributed by atoms with Crippen LogP contribution in [0, 0.1) is 0 Å². The molecular formula is C31H34N2O6S. The number of hydrogen-bond acceptors (Lipinski definition) is 8. The summed E-state index contributed by atoms with van der Waals surface area (Å²) < 4.78 is 24.2. The van der Waals surface area contributed by atoms with E-state index >= 15 is 0 Å². The summed E-state index contributed by atoms with van der Waals surface area (Å²) in [6, 6.07) is 12.1. The second-order valence-electron chi connectivity index (χ2n) is 9.21. The Morgan fingerprint density at radius 2 is 1.88 bits per heavy atom. The van der Waals surface area contributed by atoms with Crippen molar-refractivity contribution in [3.05, 3.63) is 97.2 Å². The van der Waals surface area contributed by atoms with Crippen LogP contribution in [0.4, 0.5) is 0 Å². The number of carbonyl (C=O) groups excluding carboxylic acids is 1. The van der Waals surface area contributed by atoms with E-state index in [-0.39, 0.29) is 12.2 Å². The van der Waals surface area contributed by atoms with E-state index in [4.69, 9.17) is 18.9 Å². The van der Waals surface area contributed by atoms with Gasteiger partial charge in [0.05, 0.1) is 42.7 Å². The molecular weight excluding hydrogens is 528 g/mol. The van der Waals surface area contributed by atoms with Gasteiger partial charge in [0.15, 0.2) is 16.3 Å². The van der Waals surface area contributed by atoms with Crippen molar-refractivity contribution in [1.82, 2.24) is 4.57 Å². The van der Waals surface area contributed by atoms with Gasteiger partial charge in [0.1, 0.15) is 12.4 Å². The van der Waals surface area contributed by atoms with E-state index in [0.717, 1.165) is 30.4 Å². The maximum absolute atomic E-state index is 13.8. The Morgan fingerprint density at radius 3 is 2.55 bits per heavy atom. The van der Waals surface area contributed by atoms with E-state index in [1.165, 1.54) is 17.4 Å². The number of aromatic nitrogens is 1. The van der Waals surface area contributed by atoms with E-state index in [1.54, 1.807) is 43.9 Å². The number of ether oxygens (including phenoxy) is 4. The Hall–Kier alpha value is -4.11. The summed E-state index contributed by atoms with van der Waals surface area (Å²) in [5.41, 5.74) is 2.06. The van der Waals surface area contributed by atoms with Gasteiger partial charge in [-0.1, -0.05) is 62.0 Å². The number of carbonyl (C=O) groups is 1. The molecule has 1 aliphatic heterocycles. The van der Waals surface area contributed by atoms with Crippen LogP contribution in [0.3, 0.4) is 0 Å². The number of benzene rings is 2. The number of rotatable bonds is 12. The maximum Gasteiger partial charge on any atom is 0.338 e. The molecule has 210 valence electrons. The molecule has 0 N–H and O–H groups in total. The third-order valence-corrected chi connectivity index (χ3v) is 7.48. The van der Waals surface area contributed by atoms with Gasteiger partial charge in [-0.15, -0.1) is 0 Å². The Kier molecular flexibility index (Phi) is 9.60. The molecule has 2 heterocycles. The first-order valence-corrected chi connectivity index (χ1v) is 14.0. The minimum Gasteiger partial charge on any atom is -0.497 e. The van der Waals surface area contributed by atoms with Gasteiger partial charge >= 0.3 is 5.97 Å². The SMILES string of the molecule is C=CCOC(=O)C1=C(C)N=c2s/c(=C/c3ccc(OCCCCC)c(OC)c3)c(=O)n2[C@H]1c1ccc(OC)cc1. The fraction of sp³-hybridized carbons (Fsp3) is 0.323. The molecule has 0 aliphatic carbocycles. The van der Waals surface area contributed by atoms with E-state index in [9.17, 15) is 9.59 Å². The molecule has 3 aromatic rings. The molecule has 1 aromatic heterocycles. The Balaban J connectivity index is 1.78. The van der Waals surface area contributed by atoms with Gasteiger partial charge in [-0.3, -0.25) is 9.36 Å². The standard InChI is InChI=1S/C31H34N2O6S/c1-6-8-9-17-38-24-15-10-21(18-25(24)37-5)19-26-29(34)33-28(22-11-13-23(36-4)14-12-22)27(30(35)39-16-7-2)20(3)32-31(33)40-26/h7,10-15,18-19,28H,2,6,8-9,16-17H2,1,3-5H3/b26-19+/t28-/m0/s1. The minimum atomic E-state index is -0.713. The maximum atomic E-state index is 13.8. The lowest BCUT2D eigenvalue weighted by Crippen LogP contribution is -2.39. The lowest BCUT2D eigenvalue weighted by Gasteiger charge is -2.24. The average Bonchev–Trinajstić information content (AvgIpc) is 3.27. The summed E-state index contributed by atoms with van der Waals surface area (Å²) in [6.07, 6.45) is 6.49. The summed E-state index contributed by atoms with van der Waals surface area (Å²) in [7, 11) is 3.18. The smallest absolute Gasteiger partial charge is 0.338 e. The number of allylic oxidation sites excluding steroid dienone is 1. The number of unbranched alkanes of at least 4 members (excludes halogenated alkanes) is 2. The molecule has 0 saturated heterocycles. The van der Waals surface area contributed by atoms with Crippen molar-refractivity contribution in [2.45, 2.75) is 39.2 Å². The largest absolute Gasteiger partial charge is 0.497 e. The molecule has 0 radical (unpaired) electrons. The zero-order valence-electron chi connectivity index (χ0n) is 23.3. The second-order valence-corrected chi connectivity index (χ2v) is 10.2. The molecule has 0 spiro atoms. The zero-order chi connectivity index (χ0) is 28.6. The van der Waals surface area contributed by atoms with Gasteiger partial charge in [0.25, 0.3) is 5.56 Å². The van der Waals surface area contributed by atoms with Crippen molar-refractivity contribution < 1.29 is 23.7 Å². The van der Waals surface area contributed by atoms with Gasteiger partial charge in [0, 0.05) is 0 Å². The van der Waals surface area contributed by atoms with E-state index in [0.29, 0.717) is 44.5 Å². The van der Waals surface area contributed by atoms with Crippen molar-refractivity contribution in [3.8, 4) is 17.2 Å². The summed E-state index contributed by atoms with van der Waals surface area (Å²) in [5, 5.41) is 0. The first-order chi connectivity index (χ1) is 19.4. The Morgan fingerprint density at radius 1 is 1.10 bits per heavy atom. The van der Waals surface area contributed by atoms with Crippen LogP contribution in [0.2, 0.25) is 0 Å². The highest BCUT2D eigenvalue weighted by atomic mass is 32.1. The zero-order valence-corrected chi connectivity index (χ0v) is 24.1. The topological polar surface area (TPSA) is 88.4 Å². The number of methoxy groups -OCH3 is 2. The number of thiazole rings is 1. The quantitative estimate of drug-likeness (QED) is 0.183. The van der Waals surface area contributed by atoms with Crippen molar-refractivity contribution in [2.75, 3.05) is 27.4 Å². The van der Waals surface area contributed by atoms with Crippen molar-refractivity contribution in [2.24, 2.45) is 4.99 Å². The van der Waals surface area contributed by atoms with Gasteiger partial charge in [0.2, 0.25) is 0 Å². The van der Waals surface area contributed by atoms with Crippen LogP contribution in [0.5, 0.6) is 17.2 Å².